The van der Waals surface area contributed by atoms with Crippen LogP contribution in [0.15, 0.2) is 419 Å². The Kier molecular flexibility index (Phi) is 15.4. The molecule has 3 aliphatic carbocycles. The molecular weight excluding hydrogens is 1540 g/mol. The highest BCUT2D eigenvalue weighted by atomic mass is 15.1. The Balaban J connectivity index is 0.0000000990. The molecule has 0 saturated carbocycles. The van der Waals surface area contributed by atoms with Crippen molar-refractivity contribution in [3.8, 4) is 129 Å². The van der Waals surface area contributed by atoms with E-state index in [1.165, 1.54) is 148 Å². The molecule has 9 nitrogen and oxygen atoms in total. The number of hydrogen-bond donors (Lipinski definition) is 0. The lowest BCUT2D eigenvalue weighted by molar-refractivity contribution is 1.08. The Labute approximate surface area is 728 Å². The van der Waals surface area contributed by atoms with E-state index in [0.29, 0.717) is 0 Å². The Hall–Kier alpha value is -17.1. The van der Waals surface area contributed by atoms with Gasteiger partial charge in [-0.15, -0.1) is 0 Å². The maximum atomic E-state index is 5.38. The number of para-hydroxylation sites is 6. The number of rotatable bonds is 7. The summed E-state index contributed by atoms with van der Waals surface area (Å²) >= 11 is 0. The highest BCUT2D eigenvalue weighted by molar-refractivity contribution is 6.31. The summed E-state index contributed by atoms with van der Waals surface area (Å²) in [6.07, 6.45) is 0. The van der Waals surface area contributed by atoms with Crippen LogP contribution < -0.4 is 0 Å². The first-order valence-electron chi connectivity index (χ1n) is 43.3. The average Bonchev–Trinajstić information content (AvgIpc) is 1.55. The molecule has 20 aromatic carbocycles. The highest BCUT2D eigenvalue weighted by Crippen LogP contribution is 2.55. The lowest BCUT2D eigenvalue weighted by Crippen LogP contribution is -2.04. The molecule has 0 aliphatic heterocycles. The van der Waals surface area contributed by atoms with E-state index in [9.17, 15) is 0 Å². The van der Waals surface area contributed by atoms with Gasteiger partial charge in [0.05, 0.1) is 66.2 Å². The number of benzene rings is 20. The number of fused-ring (bicyclic) bond motifs is 10. The topological polar surface area (TPSA) is 92.1 Å². The second kappa shape index (κ2) is 27.7. The van der Waals surface area contributed by atoms with Gasteiger partial charge in [-0.2, -0.15) is 0 Å². The van der Waals surface area contributed by atoms with Crippen molar-refractivity contribution in [1.29, 1.82) is 0 Å². The Bertz CT molecular complexity index is 8950. The van der Waals surface area contributed by atoms with Crippen LogP contribution in [0.2, 0.25) is 0 Å². The minimum absolute atomic E-state index is 0.834. The van der Waals surface area contributed by atoms with Crippen molar-refractivity contribution in [3.05, 3.63) is 419 Å². The molecule has 0 spiro atoms. The predicted octanol–water partition coefficient (Wildman–Crippen LogP) is 30.4. The van der Waals surface area contributed by atoms with Gasteiger partial charge in [-0.3, -0.25) is 13.7 Å². The summed E-state index contributed by atoms with van der Waals surface area (Å²) in [5.74, 6) is 2.52. The molecule has 586 valence electrons. The largest absolute Gasteiger partial charge is 0.292 e. The van der Waals surface area contributed by atoms with Crippen molar-refractivity contribution in [2.24, 2.45) is 0 Å². The van der Waals surface area contributed by atoms with Gasteiger partial charge in [0.2, 0.25) is 0 Å². The Morgan fingerprint density at radius 3 is 0.693 bits per heavy atom. The zero-order valence-electron chi connectivity index (χ0n) is 68.4. The standard InChI is InChI=1S/C42H25N3.C40H23N3.C36H21N3/c1-2-11-26(12-3-1)28-15-6-16-29(25-28)41-42(44-35-22-5-4-21-34(35)43-41)45-36-23-9-19-32-30-17-7-13-27-14-8-18-31(38(27)30)33-20-10-24-37(45)40(33)39(32)36;1-2-10-26-23-27(22-21-24(26)9-1)39-40(42-33-18-4-3-17-32(33)41-39)43-34-19-7-15-30-28-13-5-11-25-12-6-14-29(36(25)28)31-16-8-20-35(43)38(31)37(30)34;1-2-10-23(11-3-1)35-36(38-29-19-5-4-18-28(29)37-35)39-30-20-8-16-26-24-14-6-12-22-13-7-15-25(32(22)24)27-17-9-21-31(39)34(27)33(26)30/h1-25H;1-23H;1-21H. The van der Waals surface area contributed by atoms with E-state index in [0.717, 1.165) is 123 Å². The summed E-state index contributed by atoms with van der Waals surface area (Å²) in [5.41, 5.74) is 35.4. The van der Waals surface area contributed by atoms with Crippen LogP contribution in [-0.2, 0) is 0 Å². The minimum Gasteiger partial charge on any atom is -0.292 e. The summed E-state index contributed by atoms with van der Waals surface area (Å²) in [7, 11) is 0. The fourth-order valence-corrected chi connectivity index (χ4v) is 21.2. The zero-order chi connectivity index (χ0) is 83.1. The lowest BCUT2D eigenvalue weighted by atomic mass is 9.93. The van der Waals surface area contributed by atoms with Gasteiger partial charge in [0.15, 0.2) is 17.5 Å². The van der Waals surface area contributed by atoms with Gasteiger partial charge in [-0.25, -0.2) is 29.9 Å². The second-order valence-corrected chi connectivity index (χ2v) is 33.4. The molecule has 0 unspecified atom stereocenters. The Morgan fingerprint density at radius 1 is 0.134 bits per heavy atom. The van der Waals surface area contributed by atoms with Gasteiger partial charge in [0, 0.05) is 49.0 Å². The van der Waals surface area contributed by atoms with E-state index >= 15 is 0 Å². The van der Waals surface area contributed by atoms with Crippen LogP contribution in [0.25, 0.3) is 271 Å². The van der Waals surface area contributed by atoms with Crippen LogP contribution in [0, 0.1) is 0 Å². The average molecular weight is 1610 g/mol. The van der Waals surface area contributed by atoms with Crippen molar-refractivity contribution in [1.82, 2.24) is 43.6 Å². The van der Waals surface area contributed by atoms with Crippen LogP contribution >= 0.6 is 0 Å². The minimum atomic E-state index is 0.834. The molecule has 9 heteroatoms. The molecule has 0 N–H and O–H groups in total. The number of nitrogens with zero attached hydrogens (tertiary/aromatic N) is 9. The van der Waals surface area contributed by atoms with E-state index in [4.69, 9.17) is 29.9 Å². The molecular formula is C118H69N9. The maximum absolute atomic E-state index is 5.38. The molecule has 127 heavy (non-hydrogen) atoms. The molecule has 0 amide bonds. The lowest BCUT2D eigenvalue weighted by Gasteiger charge is -2.16. The summed E-state index contributed by atoms with van der Waals surface area (Å²) in [6.45, 7) is 0. The van der Waals surface area contributed by atoms with Crippen molar-refractivity contribution in [2.45, 2.75) is 0 Å². The van der Waals surface area contributed by atoms with Crippen LogP contribution in [-0.4, -0.2) is 43.6 Å². The van der Waals surface area contributed by atoms with Gasteiger partial charge >= 0.3 is 0 Å². The van der Waals surface area contributed by atoms with Crippen LogP contribution in [0.1, 0.15) is 0 Å². The maximum Gasteiger partial charge on any atom is 0.165 e. The summed E-state index contributed by atoms with van der Waals surface area (Å²) in [4.78, 5) is 31.8. The van der Waals surface area contributed by atoms with Crippen LogP contribution in [0.4, 0.5) is 0 Å². The number of aromatic nitrogens is 9. The van der Waals surface area contributed by atoms with Gasteiger partial charge in [0.25, 0.3) is 0 Å². The van der Waals surface area contributed by atoms with E-state index in [1.807, 2.05) is 54.6 Å². The zero-order valence-corrected chi connectivity index (χ0v) is 68.4. The summed E-state index contributed by atoms with van der Waals surface area (Å²) in [5, 5.41) is 17.7. The van der Waals surface area contributed by atoms with E-state index in [2.05, 4.69) is 378 Å². The molecule has 0 radical (unpaired) electrons. The fraction of sp³-hybridized carbons (Fsp3) is 0. The molecule has 26 aromatic rings. The second-order valence-electron chi connectivity index (χ2n) is 33.4. The van der Waals surface area contributed by atoms with E-state index < -0.39 is 0 Å². The van der Waals surface area contributed by atoms with E-state index in [-0.39, 0.29) is 0 Å². The van der Waals surface area contributed by atoms with Gasteiger partial charge in [-0.1, -0.05) is 334 Å². The third-order valence-corrected chi connectivity index (χ3v) is 26.5. The molecule has 3 aliphatic rings. The summed E-state index contributed by atoms with van der Waals surface area (Å²) in [6, 6.07) is 149. The molecule has 6 aromatic heterocycles. The van der Waals surface area contributed by atoms with Crippen molar-refractivity contribution in [2.75, 3.05) is 0 Å². The predicted molar refractivity (Wildman–Crippen MR) is 527 cm³/mol. The molecule has 0 saturated heterocycles. The first-order chi connectivity index (χ1) is 63.0. The van der Waals surface area contributed by atoms with Crippen LogP contribution in [0.5, 0.6) is 0 Å². The van der Waals surface area contributed by atoms with Crippen molar-refractivity contribution in [3.63, 3.8) is 0 Å². The quantitative estimate of drug-likeness (QED) is 0.158. The first-order valence-corrected chi connectivity index (χ1v) is 43.3. The molecule has 6 heterocycles. The first kappa shape index (κ1) is 70.5. The smallest absolute Gasteiger partial charge is 0.165 e. The highest BCUT2D eigenvalue weighted by Gasteiger charge is 2.32. The van der Waals surface area contributed by atoms with Crippen LogP contribution in [0.3, 0.4) is 0 Å². The molecule has 29 rings (SSSR count). The van der Waals surface area contributed by atoms with Crippen molar-refractivity contribution >= 4 is 142 Å². The third kappa shape index (κ3) is 10.6. The summed E-state index contributed by atoms with van der Waals surface area (Å²) < 4.78 is 7.01. The van der Waals surface area contributed by atoms with Gasteiger partial charge in [0.1, 0.15) is 17.1 Å². The van der Waals surface area contributed by atoms with Gasteiger partial charge in [-0.05, 0) is 206 Å². The third-order valence-electron chi connectivity index (χ3n) is 26.5. The van der Waals surface area contributed by atoms with Crippen molar-refractivity contribution < 1.29 is 0 Å². The SMILES string of the molecule is c1ccc(-c2cccc(-c3nc4ccccc4nc3-n3c4cccc5c4c4c(cccc43)-c3cccc4cccc-5c34)c2)cc1.c1ccc(-c2nc3ccccc3nc2-n2c3cccc4c3c3c(cccc32)-c2cccc3cccc-4c23)cc1.c1ccc2cc(-c3nc4ccccc4nc3-n3c4cccc5c4c4c(cccc43)-c3cccc4cccc-5c34)ccc2c1. The van der Waals surface area contributed by atoms with Gasteiger partial charge < -0.3 is 0 Å². The number of hydrogen-bond acceptors (Lipinski definition) is 6. The molecule has 0 bridgehead atoms. The van der Waals surface area contributed by atoms with E-state index in [1.54, 1.807) is 0 Å². The molecule has 0 atom stereocenters. The fourth-order valence-electron chi connectivity index (χ4n) is 21.2. The monoisotopic (exact) mass is 1610 g/mol. The molecule has 0 fully saturated rings. The Morgan fingerprint density at radius 2 is 0.362 bits per heavy atom. The normalized spacial score (nSPS) is 12.1.